The van der Waals surface area contributed by atoms with Gasteiger partial charge in [-0.3, -0.25) is 19.0 Å². The minimum atomic E-state index is -0.733. The molecule has 0 atom stereocenters. The summed E-state index contributed by atoms with van der Waals surface area (Å²) in [5.41, 5.74) is 2.17. The molecular formula is C25H29N3O7. The molecule has 2 heterocycles. The molecule has 0 saturated heterocycles. The fourth-order valence-corrected chi connectivity index (χ4v) is 3.58. The van der Waals surface area contributed by atoms with E-state index in [1.165, 1.54) is 0 Å². The van der Waals surface area contributed by atoms with Gasteiger partial charge in [0.25, 0.3) is 5.91 Å². The molecule has 3 rings (SSSR count). The maximum atomic E-state index is 12.7. The molecule has 35 heavy (non-hydrogen) atoms. The van der Waals surface area contributed by atoms with Gasteiger partial charge in [-0.05, 0) is 58.9 Å². The number of nitrogens with zero attached hydrogens (tertiary/aromatic N) is 2. The lowest BCUT2D eigenvalue weighted by Gasteiger charge is -2.12. The minimum Gasteiger partial charge on any atom is -0.490 e. The molecule has 0 aliphatic rings. The number of rotatable bonds is 11. The van der Waals surface area contributed by atoms with Gasteiger partial charge >= 0.3 is 5.97 Å². The van der Waals surface area contributed by atoms with Crippen LogP contribution in [0.5, 0.6) is 11.5 Å². The van der Waals surface area contributed by atoms with Gasteiger partial charge in [0.2, 0.25) is 5.78 Å². The van der Waals surface area contributed by atoms with E-state index in [4.69, 9.17) is 18.7 Å². The van der Waals surface area contributed by atoms with Gasteiger partial charge in [-0.15, -0.1) is 0 Å². The molecule has 0 spiro atoms. The zero-order valence-corrected chi connectivity index (χ0v) is 20.5. The normalized spacial score (nSPS) is 10.7. The highest BCUT2D eigenvalue weighted by Crippen LogP contribution is 2.28. The summed E-state index contributed by atoms with van der Waals surface area (Å²) < 4.78 is 23.0. The van der Waals surface area contributed by atoms with Gasteiger partial charge in [0.05, 0.1) is 13.2 Å². The molecule has 0 saturated carbocycles. The second kappa shape index (κ2) is 11.4. The third kappa shape index (κ3) is 6.08. The Morgan fingerprint density at radius 2 is 1.71 bits per heavy atom. The van der Waals surface area contributed by atoms with Gasteiger partial charge in [0, 0.05) is 28.6 Å². The SMILES string of the molecule is CCOc1ccc(C(=O)NCC(=O)OCC(=O)c2cc(C)n(-c3cc(C)on3)c2C)cc1OCC. The topological polar surface area (TPSA) is 122 Å². The number of carbonyl (C=O) groups is 3. The van der Waals surface area contributed by atoms with Gasteiger partial charge in [0.15, 0.2) is 23.9 Å². The van der Waals surface area contributed by atoms with E-state index in [1.807, 2.05) is 20.8 Å². The third-order valence-corrected chi connectivity index (χ3v) is 5.14. The van der Waals surface area contributed by atoms with Crippen LogP contribution in [0.1, 0.15) is 51.7 Å². The molecule has 2 aromatic heterocycles. The molecule has 10 nitrogen and oxygen atoms in total. The van der Waals surface area contributed by atoms with Crippen LogP contribution in [0, 0.1) is 20.8 Å². The number of ether oxygens (including phenoxy) is 3. The summed E-state index contributed by atoms with van der Waals surface area (Å²) in [7, 11) is 0. The smallest absolute Gasteiger partial charge is 0.325 e. The largest absolute Gasteiger partial charge is 0.490 e. The van der Waals surface area contributed by atoms with E-state index in [1.54, 1.807) is 48.7 Å². The summed E-state index contributed by atoms with van der Waals surface area (Å²) in [6, 6.07) is 8.23. The summed E-state index contributed by atoms with van der Waals surface area (Å²) in [5, 5.41) is 6.47. The van der Waals surface area contributed by atoms with Crippen LogP contribution in [0.25, 0.3) is 5.82 Å². The van der Waals surface area contributed by atoms with Crippen LogP contribution in [0.3, 0.4) is 0 Å². The summed E-state index contributed by atoms with van der Waals surface area (Å²) in [4.78, 5) is 37.3. The molecule has 3 aromatic rings. The number of esters is 1. The maximum Gasteiger partial charge on any atom is 0.325 e. The van der Waals surface area contributed by atoms with Crippen LogP contribution >= 0.6 is 0 Å². The number of Topliss-reactive ketones (excluding diaryl/α,β-unsaturated/α-hetero) is 1. The fraction of sp³-hybridized carbons (Fsp3) is 0.360. The quantitative estimate of drug-likeness (QED) is 0.326. The van der Waals surface area contributed by atoms with Crippen LogP contribution in [0.15, 0.2) is 34.9 Å². The molecule has 1 aromatic carbocycles. The molecular weight excluding hydrogens is 454 g/mol. The second-order valence-electron chi connectivity index (χ2n) is 7.71. The number of carbonyl (C=O) groups excluding carboxylic acids is 3. The van der Waals surface area contributed by atoms with E-state index in [2.05, 4.69) is 10.5 Å². The number of hydrogen-bond donors (Lipinski definition) is 1. The van der Waals surface area contributed by atoms with E-state index >= 15 is 0 Å². The van der Waals surface area contributed by atoms with Crippen molar-refractivity contribution in [2.45, 2.75) is 34.6 Å². The Morgan fingerprint density at radius 1 is 1.00 bits per heavy atom. The lowest BCUT2D eigenvalue weighted by molar-refractivity contribution is -0.141. The molecule has 0 aliphatic carbocycles. The third-order valence-electron chi connectivity index (χ3n) is 5.14. The zero-order chi connectivity index (χ0) is 25.5. The summed E-state index contributed by atoms with van der Waals surface area (Å²) in [5.74, 6) is 0.605. The highest BCUT2D eigenvalue weighted by molar-refractivity contribution is 6.00. The van der Waals surface area contributed by atoms with Crippen LogP contribution < -0.4 is 14.8 Å². The first kappa shape index (κ1) is 25.5. The highest BCUT2D eigenvalue weighted by Gasteiger charge is 2.20. The maximum absolute atomic E-state index is 12.7. The average molecular weight is 484 g/mol. The van der Waals surface area contributed by atoms with Gasteiger partial charge in [-0.2, -0.15) is 0 Å². The number of aryl methyl sites for hydroxylation is 2. The van der Waals surface area contributed by atoms with Gasteiger partial charge in [-0.25, -0.2) is 0 Å². The number of aromatic nitrogens is 2. The first-order valence-electron chi connectivity index (χ1n) is 11.2. The van der Waals surface area contributed by atoms with Crippen molar-refractivity contribution in [2.75, 3.05) is 26.4 Å². The Hall–Kier alpha value is -4.08. The molecule has 0 radical (unpaired) electrons. The number of nitrogens with one attached hydrogen (secondary N) is 1. The Balaban J connectivity index is 1.56. The van der Waals surface area contributed by atoms with Crippen LogP contribution in [0.2, 0.25) is 0 Å². The van der Waals surface area contributed by atoms with E-state index in [-0.39, 0.29) is 12.3 Å². The molecule has 1 amide bonds. The molecule has 1 N–H and O–H groups in total. The van der Waals surface area contributed by atoms with E-state index < -0.39 is 18.5 Å². The number of hydrogen-bond acceptors (Lipinski definition) is 8. The molecule has 0 unspecified atom stereocenters. The molecule has 0 aliphatic heterocycles. The second-order valence-corrected chi connectivity index (χ2v) is 7.71. The van der Waals surface area contributed by atoms with Gasteiger partial charge in [-0.1, -0.05) is 5.16 Å². The number of ketones is 1. The molecule has 10 heteroatoms. The van der Waals surface area contributed by atoms with Crippen molar-refractivity contribution in [3.8, 4) is 17.3 Å². The van der Waals surface area contributed by atoms with Crippen molar-refractivity contribution in [2.24, 2.45) is 0 Å². The lowest BCUT2D eigenvalue weighted by atomic mass is 10.1. The predicted octanol–water partition coefficient (Wildman–Crippen LogP) is 3.34. The van der Waals surface area contributed by atoms with Crippen LogP contribution in [-0.4, -0.2) is 53.7 Å². The van der Waals surface area contributed by atoms with E-state index in [0.717, 1.165) is 5.69 Å². The standard InChI is InChI=1S/C25H29N3O7/c1-6-32-21-9-8-18(12-22(21)33-7-2)25(31)26-13-24(30)34-14-20(29)19-10-15(3)28(17(19)5)23-11-16(4)35-27-23/h8-12H,6-7,13-14H2,1-5H3,(H,26,31). The molecule has 186 valence electrons. The minimum absolute atomic E-state index is 0.302. The molecule has 0 bridgehead atoms. The Labute approximate surface area is 203 Å². The predicted molar refractivity (Wildman–Crippen MR) is 126 cm³/mol. The lowest BCUT2D eigenvalue weighted by Crippen LogP contribution is -2.31. The van der Waals surface area contributed by atoms with Crippen molar-refractivity contribution < 1.29 is 33.1 Å². The first-order chi connectivity index (χ1) is 16.7. The van der Waals surface area contributed by atoms with Crippen LogP contribution in [-0.2, 0) is 9.53 Å². The van der Waals surface area contributed by atoms with Crippen molar-refractivity contribution in [1.82, 2.24) is 15.0 Å². The van der Waals surface area contributed by atoms with E-state index in [9.17, 15) is 14.4 Å². The fourth-order valence-electron chi connectivity index (χ4n) is 3.58. The average Bonchev–Trinajstić information content (AvgIpc) is 3.38. The highest BCUT2D eigenvalue weighted by atomic mass is 16.5. The van der Waals surface area contributed by atoms with Crippen LogP contribution in [0.4, 0.5) is 0 Å². The van der Waals surface area contributed by atoms with E-state index in [0.29, 0.717) is 53.1 Å². The summed E-state index contributed by atoms with van der Waals surface area (Å²) in [6.45, 7) is 9.10. The van der Waals surface area contributed by atoms with Crippen molar-refractivity contribution in [3.63, 3.8) is 0 Å². The monoisotopic (exact) mass is 483 g/mol. The molecule has 0 fully saturated rings. The first-order valence-corrected chi connectivity index (χ1v) is 11.2. The van der Waals surface area contributed by atoms with Gasteiger partial charge < -0.3 is 24.1 Å². The Kier molecular flexibility index (Phi) is 8.30. The van der Waals surface area contributed by atoms with Crippen molar-refractivity contribution in [1.29, 1.82) is 0 Å². The Morgan fingerprint density at radius 3 is 2.37 bits per heavy atom. The summed E-state index contributed by atoms with van der Waals surface area (Å²) >= 11 is 0. The zero-order valence-electron chi connectivity index (χ0n) is 20.5. The Bertz CT molecular complexity index is 1230. The number of amides is 1. The van der Waals surface area contributed by atoms with Crippen molar-refractivity contribution in [3.05, 3.63) is 58.6 Å². The summed E-state index contributed by atoms with van der Waals surface area (Å²) in [6.07, 6.45) is 0. The van der Waals surface area contributed by atoms with Gasteiger partial charge in [0.1, 0.15) is 12.3 Å². The van der Waals surface area contributed by atoms with Crippen molar-refractivity contribution >= 4 is 17.7 Å². The number of benzene rings is 1.